The number of fused-ring (bicyclic) bond motifs is 2. The summed E-state index contributed by atoms with van der Waals surface area (Å²) in [5, 5.41) is 0.437. The third-order valence-corrected chi connectivity index (χ3v) is 3.95. The molecule has 1 aliphatic carbocycles. The Kier molecular flexibility index (Phi) is 4.47. The number of nitrogen functional groups attached to an aromatic ring is 1. The molecule has 2 aliphatic rings. The highest BCUT2D eigenvalue weighted by Crippen LogP contribution is 2.33. The van der Waals surface area contributed by atoms with Crippen molar-refractivity contribution < 1.29 is 4.79 Å². The Morgan fingerprint density at radius 1 is 1.42 bits per heavy atom. The van der Waals surface area contributed by atoms with Crippen molar-refractivity contribution in [2.45, 2.75) is 12.8 Å². The van der Waals surface area contributed by atoms with Gasteiger partial charge in [-0.1, -0.05) is 23.6 Å². The van der Waals surface area contributed by atoms with E-state index in [4.69, 9.17) is 17.3 Å². The Hall–Kier alpha value is -2.49. The molecule has 0 radical (unpaired) electrons. The maximum Gasteiger partial charge on any atom is 0.220 e. The second-order valence-corrected chi connectivity index (χ2v) is 6.19. The summed E-state index contributed by atoms with van der Waals surface area (Å²) in [6, 6.07) is 0. The molecule has 2 N–H and O–H groups in total. The summed E-state index contributed by atoms with van der Waals surface area (Å²) < 4.78 is 0. The summed E-state index contributed by atoms with van der Waals surface area (Å²) in [6.07, 6.45) is 3.99. The Balaban J connectivity index is 2.12. The van der Waals surface area contributed by atoms with Crippen LogP contribution in [0.15, 0.2) is 27.9 Å². The highest BCUT2D eigenvalue weighted by molar-refractivity contribution is 6.47. The SMILES string of the molecule is CN(C)CC#CC1=NC2=C(CC=C1Cl)C(=O)Cc1cnc(N)nc12. The van der Waals surface area contributed by atoms with E-state index in [-0.39, 0.29) is 18.2 Å². The molecule has 0 atom stereocenters. The highest BCUT2D eigenvalue weighted by atomic mass is 35.5. The zero-order chi connectivity index (χ0) is 17.3. The second kappa shape index (κ2) is 6.56. The Labute approximate surface area is 145 Å². The molecule has 0 bridgehead atoms. The normalized spacial score (nSPS) is 16.6. The van der Waals surface area contributed by atoms with E-state index in [0.29, 0.717) is 40.7 Å². The van der Waals surface area contributed by atoms with Crippen molar-refractivity contribution in [1.29, 1.82) is 0 Å². The molecular formula is C17H16ClN5O. The summed E-state index contributed by atoms with van der Waals surface area (Å²) in [5.74, 6) is 6.13. The van der Waals surface area contributed by atoms with Crippen LogP contribution in [0.3, 0.4) is 0 Å². The van der Waals surface area contributed by atoms with Crippen molar-refractivity contribution in [2.75, 3.05) is 26.4 Å². The maximum absolute atomic E-state index is 12.4. The van der Waals surface area contributed by atoms with Gasteiger partial charge in [-0.3, -0.25) is 9.69 Å². The standard InChI is InChI=1S/C17H16ClN5O/c1-23(2)7-3-4-13-12(18)6-5-11-14(24)8-10-9-20-17(19)22-15(10)16(11)21-13/h6,9H,5,7-8H2,1-2H3,(H2,19,20,22). The molecular weight excluding hydrogens is 326 g/mol. The van der Waals surface area contributed by atoms with Gasteiger partial charge in [-0.25, -0.2) is 15.0 Å². The van der Waals surface area contributed by atoms with E-state index < -0.39 is 0 Å². The Morgan fingerprint density at radius 2 is 2.21 bits per heavy atom. The molecule has 0 unspecified atom stereocenters. The van der Waals surface area contributed by atoms with Gasteiger partial charge in [-0.05, 0) is 26.4 Å². The molecule has 2 heterocycles. The predicted molar refractivity (Wildman–Crippen MR) is 94.4 cm³/mol. The number of carbonyl (C=O) groups excluding carboxylic acids is 1. The average Bonchev–Trinajstić information content (AvgIpc) is 2.68. The molecule has 122 valence electrons. The van der Waals surface area contributed by atoms with Crippen LogP contribution in [-0.2, 0) is 11.2 Å². The average molecular weight is 342 g/mol. The fourth-order valence-corrected chi connectivity index (χ4v) is 2.63. The van der Waals surface area contributed by atoms with Crippen LogP contribution in [-0.4, -0.2) is 47.0 Å². The monoisotopic (exact) mass is 341 g/mol. The van der Waals surface area contributed by atoms with Crippen molar-refractivity contribution in [2.24, 2.45) is 4.99 Å². The summed E-state index contributed by atoms with van der Waals surface area (Å²) in [6.45, 7) is 0.583. The van der Waals surface area contributed by atoms with E-state index in [9.17, 15) is 4.79 Å². The van der Waals surface area contributed by atoms with Crippen LogP contribution in [0, 0.1) is 11.8 Å². The number of rotatable bonds is 1. The number of halogens is 1. The quantitative estimate of drug-likeness (QED) is 0.781. The molecule has 1 aromatic rings. The van der Waals surface area contributed by atoms with E-state index in [1.165, 1.54) is 0 Å². The van der Waals surface area contributed by atoms with Gasteiger partial charge in [0.05, 0.1) is 23.0 Å². The number of allylic oxidation sites excluding steroid dienone is 3. The van der Waals surface area contributed by atoms with Crippen molar-refractivity contribution >= 4 is 34.7 Å². The molecule has 0 spiro atoms. The largest absolute Gasteiger partial charge is 0.368 e. The molecule has 0 amide bonds. The number of ketones is 1. The van der Waals surface area contributed by atoms with Crippen molar-refractivity contribution in [1.82, 2.24) is 14.9 Å². The molecule has 7 heteroatoms. The number of aliphatic imine (C=N–C) groups is 1. The van der Waals surface area contributed by atoms with Gasteiger partial charge in [0, 0.05) is 23.8 Å². The number of carbonyl (C=O) groups is 1. The van der Waals surface area contributed by atoms with Gasteiger partial charge in [0.1, 0.15) is 5.71 Å². The minimum atomic E-state index is -0.00200. The van der Waals surface area contributed by atoms with Crippen LogP contribution in [0.4, 0.5) is 5.95 Å². The fraction of sp³-hybridized carbons (Fsp3) is 0.294. The van der Waals surface area contributed by atoms with Crippen LogP contribution in [0.25, 0.3) is 5.70 Å². The Bertz CT molecular complexity index is 871. The Morgan fingerprint density at radius 3 is 2.96 bits per heavy atom. The maximum atomic E-state index is 12.4. The second-order valence-electron chi connectivity index (χ2n) is 5.79. The summed E-state index contributed by atoms with van der Waals surface area (Å²) in [7, 11) is 3.86. The summed E-state index contributed by atoms with van der Waals surface area (Å²) >= 11 is 6.29. The molecule has 1 aromatic heterocycles. The van der Waals surface area contributed by atoms with Gasteiger partial charge in [0.15, 0.2) is 5.78 Å². The lowest BCUT2D eigenvalue weighted by molar-refractivity contribution is -0.115. The van der Waals surface area contributed by atoms with E-state index in [1.54, 1.807) is 12.3 Å². The number of hydrogen-bond acceptors (Lipinski definition) is 6. The smallest absolute Gasteiger partial charge is 0.220 e. The number of hydrogen-bond donors (Lipinski definition) is 1. The van der Waals surface area contributed by atoms with Crippen molar-refractivity contribution in [3.05, 3.63) is 34.1 Å². The van der Waals surface area contributed by atoms with E-state index in [2.05, 4.69) is 26.8 Å². The first kappa shape index (κ1) is 16.4. The number of nitrogens with zero attached hydrogens (tertiary/aromatic N) is 4. The topological polar surface area (TPSA) is 84.5 Å². The van der Waals surface area contributed by atoms with Crippen LogP contribution >= 0.6 is 11.6 Å². The van der Waals surface area contributed by atoms with Crippen molar-refractivity contribution in [3.63, 3.8) is 0 Å². The van der Waals surface area contributed by atoms with Gasteiger partial charge >= 0.3 is 0 Å². The van der Waals surface area contributed by atoms with Crippen LogP contribution in [0.2, 0.25) is 0 Å². The van der Waals surface area contributed by atoms with Crippen LogP contribution < -0.4 is 5.73 Å². The third-order valence-electron chi connectivity index (χ3n) is 3.62. The molecule has 0 fully saturated rings. The first-order valence-electron chi connectivity index (χ1n) is 7.42. The van der Waals surface area contributed by atoms with Crippen LogP contribution in [0.5, 0.6) is 0 Å². The predicted octanol–water partition coefficient (Wildman–Crippen LogP) is 1.43. The molecule has 0 saturated carbocycles. The van der Waals surface area contributed by atoms with E-state index in [0.717, 1.165) is 5.56 Å². The van der Waals surface area contributed by atoms with Crippen LogP contribution in [0.1, 0.15) is 17.7 Å². The summed E-state index contributed by atoms with van der Waals surface area (Å²) in [5.41, 5.74) is 8.52. The van der Waals surface area contributed by atoms with E-state index >= 15 is 0 Å². The number of Topliss-reactive ketones (excluding diaryl/α,β-unsaturated/α-hetero) is 1. The molecule has 3 rings (SSSR count). The van der Waals surface area contributed by atoms with Gasteiger partial charge in [0.2, 0.25) is 5.95 Å². The minimum absolute atomic E-state index is 0.00200. The number of nitrogens with two attached hydrogens (primary N) is 1. The highest BCUT2D eigenvalue weighted by Gasteiger charge is 2.28. The first-order valence-corrected chi connectivity index (χ1v) is 7.80. The molecule has 0 aromatic carbocycles. The first-order chi connectivity index (χ1) is 11.5. The molecule has 0 saturated heterocycles. The van der Waals surface area contributed by atoms with Gasteiger partial charge in [-0.2, -0.15) is 0 Å². The molecule has 6 nitrogen and oxygen atoms in total. The van der Waals surface area contributed by atoms with Gasteiger partial charge in [-0.15, -0.1) is 0 Å². The van der Waals surface area contributed by atoms with Gasteiger partial charge < -0.3 is 5.73 Å². The van der Waals surface area contributed by atoms with E-state index in [1.807, 2.05) is 19.0 Å². The lowest BCUT2D eigenvalue weighted by Gasteiger charge is -2.17. The van der Waals surface area contributed by atoms with Gasteiger partial charge in [0.25, 0.3) is 0 Å². The fourth-order valence-electron chi connectivity index (χ4n) is 2.46. The summed E-state index contributed by atoms with van der Waals surface area (Å²) in [4.78, 5) is 27.1. The number of anilines is 1. The lowest BCUT2D eigenvalue weighted by atomic mass is 9.91. The number of aromatic nitrogens is 2. The zero-order valence-corrected chi connectivity index (χ0v) is 14.2. The zero-order valence-electron chi connectivity index (χ0n) is 13.4. The third kappa shape index (κ3) is 3.23. The minimum Gasteiger partial charge on any atom is -0.368 e. The lowest BCUT2D eigenvalue weighted by Crippen LogP contribution is -2.17. The van der Waals surface area contributed by atoms with Crippen molar-refractivity contribution in [3.8, 4) is 11.8 Å². The molecule has 1 aliphatic heterocycles. The molecule has 24 heavy (non-hydrogen) atoms.